The average Bonchev–Trinajstić information content (AvgIpc) is 2.72. The fraction of sp³-hybridized carbons (Fsp3) is 0. The molecule has 0 atom stereocenters. The zero-order valence-electron chi connectivity index (χ0n) is 8.88. The van der Waals surface area contributed by atoms with Gasteiger partial charge in [-0.05, 0) is 24.3 Å². The summed E-state index contributed by atoms with van der Waals surface area (Å²) < 4.78 is 0. The predicted octanol–water partition coefficient (Wildman–Crippen LogP) is 1.91. The minimum Gasteiger partial charge on any atom is -0.508 e. The summed E-state index contributed by atoms with van der Waals surface area (Å²) in [6, 6.07) is 10.3. The molecule has 0 aliphatic carbocycles. The van der Waals surface area contributed by atoms with Crippen LogP contribution in [0.15, 0.2) is 36.4 Å². The Morgan fingerprint density at radius 2 is 2.00 bits per heavy atom. The summed E-state index contributed by atoms with van der Waals surface area (Å²) in [7, 11) is 0. The standard InChI is InChI=1S/C12H10N4O/c13-11-3-1-2-9(14-11)12-15-8-5-4-7(17)6-10(8)16-12/h1-6,17H,(H2,13,14)(H,15,16). The average molecular weight is 226 g/mol. The number of fused-ring (bicyclic) bond motifs is 1. The van der Waals surface area contributed by atoms with E-state index in [1.807, 2.05) is 12.1 Å². The van der Waals surface area contributed by atoms with E-state index < -0.39 is 0 Å². The van der Waals surface area contributed by atoms with Gasteiger partial charge in [-0.1, -0.05) is 6.07 Å². The zero-order chi connectivity index (χ0) is 11.8. The number of benzene rings is 1. The van der Waals surface area contributed by atoms with Crippen LogP contribution in [0.1, 0.15) is 0 Å². The number of H-pyrrole nitrogens is 1. The molecule has 0 radical (unpaired) electrons. The highest BCUT2D eigenvalue weighted by Gasteiger charge is 2.06. The quantitative estimate of drug-likeness (QED) is 0.591. The predicted molar refractivity (Wildman–Crippen MR) is 65.4 cm³/mol. The summed E-state index contributed by atoms with van der Waals surface area (Å²) in [5.74, 6) is 1.29. The van der Waals surface area contributed by atoms with Crippen molar-refractivity contribution in [2.45, 2.75) is 0 Å². The topological polar surface area (TPSA) is 87.8 Å². The number of anilines is 1. The molecule has 5 nitrogen and oxygen atoms in total. The van der Waals surface area contributed by atoms with Crippen LogP contribution < -0.4 is 5.73 Å². The second-order valence-electron chi connectivity index (χ2n) is 3.73. The van der Waals surface area contributed by atoms with E-state index in [1.165, 1.54) is 0 Å². The lowest BCUT2D eigenvalue weighted by molar-refractivity contribution is 0.476. The highest BCUT2D eigenvalue weighted by molar-refractivity contribution is 5.80. The first-order valence-corrected chi connectivity index (χ1v) is 5.14. The van der Waals surface area contributed by atoms with Crippen LogP contribution in [0.2, 0.25) is 0 Å². The fourth-order valence-electron chi connectivity index (χ4n) is 1.70. The number of nitrogens with zero attached hydrogens (tertiary/aromatic N) is 2. The van der Waals surface area contributed by atoms with Crippen LogP contribution >= 0.6 is 0 Å². The summed E-state index contributed by atoms with van der Waals surface area (Å²) in [4.78, 5) is 11.7. The normalized spacial score (nSPS) is 10.8. The van der Waals surface area contributed by atoms with Gasteiger partial charge in [-0.15, -0.1) is 0 Å². The molecule has 0 saturated heterocycles. The molecule has 2 aromatic heterocycles. The molecule has 1 aromatic carbocycles. The largest absolute Gasteiger partial charge is 0.508 e. The molecule has 0 aliphatic rings. The van der Waals surface area contributed by atoms with Crippen molar-refractivity contribution in [1.82, 2.24) is 15.0 Å². The SMILES string of the molecule is Nc1cccc(-c2nc3ccc(O)cc3[nH]2)n1. The molecule has 0 saturated carbocycles. The van der Waals surface area contributed by atoms with Gasteiger partial charge in [0, 0.05) is 6.07 Å². The molecule has 0 amide bonds. The number of phenols is 1. The van der Waals surface area contributed by atoms with Crippen molar-refractivity contribution in [2.24, 2.45) is 0 Å². The number of aromatic amines is 1. The first-order chi connectivity index (χ1) is 8.22. The minimum atomic E-state index is 0.202. The molecular formula is C12H10N4O. The van der Waals surface area contributed by atoms with E-state index in [2.05, 4.69) is 15.0 Å². The second-order valence-corrected chi connectivity index (χ2v) is 3.73. The van der Waals surface area contributed by atoms with Gasteiger partial charge in [0.15, 0.2) is 5.82 Å². The first-order valence-electron chi connectivity index (χ1n) is 5.14. The number of nitrogens with one attached hydrogen (secondary N) is 1. The maximum atomic E-state index is 9.37. The van der Waals surface area contributed by atoms with E-state index in [0.29, 0.717) is 17.3 Å². The number of nitrogen functional groups attached to an aromatic ring is 1. The Kier molecular flexibility index (Phi) is 1.98. The molecule has 5 heteroatoms. The van der Waals surface area contributed by atoms with Gasteiger partial charge in [0.25, 0.3) is 0 Å². The van der Waals surface area contributed by atoms with Crippen LogP contribution in [-0.4, -0.2) is 20.1 Å². The third kappa shape index (κ3) is 1.67. The lowest BCUT2D eigenvalue weighted by Crippen LogP contribution is -1.92. The van der Waals surface area contributed by atoms with Crippen molar-refractivity contribution in [3.05, 3.63) is 36.4 Å². The fourth-order valence-corrected chi connectivity index (χ4v) is 1.70. The Bertz CT molecular complexity index is 690. The monoisotopic (exact) mass is 226 g/mol. The molecule has 0 bridgehead atoms. The summed E-state index contributed by atoms with van der Waals surface area (Å²) in [5, 5.41) is 9.37. The smallest absolute Gasteiger partial charge is 0.157 e. The van der Waals surface area contributed by atoms with Gasteiger partial charge < -0.3 is 15.8 Å². The van der Waals surface area contributed by atoms with Gasteiger partial charge in [0.2, 0.25) is 0 Å². The number of hydrogen-bond donors (Lipinski definition) is 3. The Morgan fingerprint density at radius 1 is 1.12 bits per heavy atom. The van der Waals surface area contributed by atoms with Gasteiger partial charge in [-0.3, -0.25) is 0 Å². The van der Waals surface area contributed by atoms with Crippen LogP contribution in [0.4, 0.5) is 5.82 Å². The molecular weight excluding hydrogens is 216 g/mol. The van der Waals surface area contributed by atoms with Crippen LogP contribution in [0, 0.1) is 0 Å². The van der Waals surface area contributed by atoms with Gasteiger partial charge in [0.1, 0.15) is 17.3 Å². The number of pyridine rings is 1. The van der Waals surface area contributed by atoms with E-state index in [1.54, 1.807) is 24.3 Å². The van der Waals surface area contributed by atoms with Crippen molar-refractivity contribution >= 4 is 16.9 Å². The number of aromatic nitrogens is 3. The highest BCUT2D eigenvalue weighted by Crippen LogP contribution is 2.22. The minimum absolute atomic E-state index is 0.202. The third-order valence-corrected chi connectivity index (χ3v) is 2.48. The summed E-state index contributed by atoms with van der Waals surface area (Å²) in [5.41, 5.74) is 7.85. The first kappa shape index (κ1) is 9.65. The van der Waals surface area contributed by atoms with Crippen molar-refractivity contribution in [3.8, 4) is 17.3 Å². The second kappa shape index (κ2) is 3.48. The van der Waals surface area contributed by atoms with Crippen LogP contribution in [0.5, 0.6) is 5.75 Å². The Labute approximate surface area is 97.0 Å². The maximum absolute atomic E-state index is 9.37. The third-order valence-electron chi connectivity index (χ3n) is 2.48. The lowest BCUT2D eigenvalue weighted by Gasteiger charge is -1.96. The molecule has 3 rings (SSSR count). The number of phenolic OH excluding ortho intramolecular Hbond substituents is 1. The molecule has 84 valence electrons. The van der Waals surface area contributed by atoms with Gasteiger partial charge in [-0.25, -0.2) is 9.97 Å². The number of rotatable bonds is 1. The van der Waals surface area contributed by atoms with Crippen LogP contribution in [0.25, 0.3) is 22.6 Å². The number of imidazole rings is 1. The maximum Gasteiger partial charge on any atom is 0.157 e. The van der Waals surface area contributed by atoms with Crippen molar-refractivity contribution in [3.63, 3.8) is 0 Å². The number of nitrogens with two attached hydrogens (primary N) is 1. The van der Waals surface area contributed by atoms with E-state index in [4.69, 9.17) is 5.73 Å². The lowest BCUT2D eigenvalue weighted by atomic mass is 10.3. The molecule has 0 unspecified atom stereocenters. The number of hydrogen-bond acceptors (Lipinski definition) is 4. The van der Waals surface area contributed by atoms with Crippen LogP contribution in [-0.2, 0) is 0 Å². The van der Waals surface area contributed by atoms with E-state index in [0.717, 1.165) is 11.0 Å². The molecule has 0 aliphatic heterocycles. The van der Waals surface area contributed by atoms with Crippen molar-refractivity contribution in [1.29, 1.82) is 0 Å². The van der Waals surface area contributed by atoms with Crippen LogP contribution in [0.3, 0.4) is 0 Å². The summed E-state index contributed by atoms with van der Waals surface area (Å²) in [6.45, 7) is 0. The Morgan fingerprint density at radius 3 is 2.82 bits per heavy atom. The summed E-state index contributed by atoms with van der Waals surface area (Å²) >= 11 is 0. The van der Waals surface area contributed by atoms with Crippen molar-refractivity contribution < 1.29 is 5.11 Å². The Balaban J connectivity index is 2.18. The molecule has 3 aromatic rings. The van der Waals surface area contributed by atoms with E-state index in [9.17, 15) is 5.11 Å². The van der Waals surface area contributed by atoms with E-state index >= 15 is 0 Å². The van der Waals surface area contributed by atoms with Gasteiger partial charge >= 0.3 is 0 Å². The van der Waals surface area contributed by atoms with E-state index in [-0.39, 0.29) is 5.75 Å². The molecule has 0 spiro atoms. The summed E-state index contributed by atoms with van der Waals surface area (Å²) in [6.07, 6.45) is 0. The molecule has 17 heavy (non-hydrogen) atoms. The van der Waals surface area contributed by atoms with Crippen molar-refractivity contribution in [2.75, 3.05) is 5.73 Å². The molecule has 0 fully saturated rings. The number of aromatic hydroxyl groups is 1. The Hall–Kier alpha value is -2.56. The zero-order valence-corrected chi connectivity index (χ0v) is 8.88. The molecule has 4 N–H and O–H groups in total. The van der Waals surface area contributed by atoms with Gasteiger partial charge in [0.05, 0.1) is 11.0 Å². The molecule has 2 heterocycles. The van der Waals surface area contributed by atoms with Gasteiger partial charge in [-0.2, -0.15) is 0 Å². The highest BCUT2D eigenvalue weighted by atomic mass is 16.3.